The van der Waals surface area contributed by atoms with Crippen molar-refractivity contribution in [2.24, 2.45) is 5.73 Å². The maximum Gasteiger partial charge on any atom is 0.0401 e. The summed E-state index contributed by atoms with van der Waals surface area (Å²) in [4.78, 5) is 3.71. The molecule has 0 saturated heterocycles. The van der Waals surface area contributed by atoms with Crippen molar-refractivity contribution in [2.45, 2.75) is 26.3 Å². The third-order valence-electron chi connectivity index (χ3n) is 2.56. The maximum atomic E-state index is 6.08. The first-order valence-electron chi connectivity index (χ1n) is 5.29. The molecule has 2 N–H and O–H groups in total. The van der Waals surface area contributed by atoms with Gasteiger partial charge in [-0.2, -0.15) is 0 Å². The maximum absolute atomic E-state index is 6.08. The van der Waals surface area contributed by atoms with Crippen molar-refractivity contribution < 1.29 is 0 Å². The average molecular weight is 212 g/mol. The van der Waals surface area contributed by atoms with Gasteiger partial charge in [0.05, 0.1) is 0 Å². The van der Waals surface area contributed by atoms with Crippen molar-refractivity contribution in [3.8, 4) is 0 Å². The Labute approximate surface area is 90.7 Å². The Hall–Kier alpha value is -0.380. The molecular weight excluding hydrogens is 192 g/mol. The average Bonchev–Trinajstić information content (AvgIpc) is 2.72. The second kappa shape index (κ2) is 6.17. The highest BCUT2D eigenvalue weighted by molar-refractivity contribution is 7.10. The van der Waals surface area contributed by atoms with E-state index in [4.69, 9.17) is 5.73 Å². The van der Waals surface area contributed by atoms with Crippen LogP contribution in [0.15, 0.2) is 17.5 Å². The molecule has 0 aliphatic carbocycles. The largest absolute Gasteiger partial charge is 0.323 e. The van der Waals surface area contributed by atoms with Crippen LogP contribution in [-0.2, 0) is 0 Å². The van der Waals surface area contributed by atoms with Gasteiger partial charge in [0.2, 0.25) is 0 Å². The van der Waals surface area contributed by atoms with E-state index in [1.54, 1.807) is 11.3 Å². The SMILES string of the molecule is CCN(CC)CC[C@H](N)c1cccs1. The Kier molecular flexibility index (Phi) is 5.15. The molecule has 1 rings (SSSR count). The highest BCUT2D eigenvalue weighted by Crippen LogP contribution is 2.19. The molecule has 0 amide bonds. The quantitative estimate of drug-likeness (QED) is 0.785. The van der Waals surface area contributed by atoms with Crippen molar-refractivity contribution in [3.63, 3.8) is 0 Å². The van der Waals surface area contributed by atoms with Gasteiger partial charge in [0.25, 0.3) is 0 Å². The Morgan fingerprint density at radius 2 is 2.14 bits per heavy atom. The van der Waals surface area contributed by atoms with Gasteiger partial charge in [-0.05, 0) is 37.5 Å². The van der Waals surface area contributed by atoms with Gasteiger partial charge in [-0.15, -0.1) is 11.3 Å². The standard InChI is InChI=1S/C11H20N2S/c1-3-13(4-2)8-7-10(12)11-6-5-9-14-11/h5-6,9-10H,3-4,7-8,12H2,1-2H3/t10-/m0/s1. The second-order valence-electron chi connectivity index (χ2n) is 3.44. The first-order valence-corrected chi connectivity index (χ1v) is 6.17. The summed E-state index contributed by atoms with van der Waals surface area (Å²) in [6, 6.07) is 4.41. The number of thiophene rings is 1. The molecule has 0 fully saturated rings. The van der Waals surface area contributed by atoms with E-state index in [0.29, 0.717) is 0 Å². The van der Waals surface area contributed by atoms with Crippen LogP contribution in [0.25, 0.3) is 0 Å². The number of hydrogen-bond donors (Lipinski definition) is 1. The fourth-order valence-corrected chi connectivity index (χ4v) is 2.27. The minimum atomic E-state index is 0.218. The topological polar surface area (TPSA) is 29.3 Å². The van der Waals surface area contributed by atoms with Crippen LogP contribution in [0.5, 0.6) is 0 Å². The number of rotatable bonds is 6. The third kappa shape index (κ3) is 3.40. The van der Waals surface area contributed by atoms with Crippen molar-refractivity contribution in [1.82, 2.24) is 4.90 Å². The predicted octanol–water partition coefficient (Wildman–Crippen LogP) is 2.48. The zero-order chi connectivity index (χ0) is 10.4. The van der Waals surface area contributed by atoms with Crippen LogP contribution in [0, 0.1) is 0 Å². The molecule has 0 saturated carbocycles. The number of hydrogen-bond acceptors (Lipinski definition) is 3. The molecule has 0 aliphatic heterocycles. The van der Waals surface area contributed by atoms with Crippen molar-refractivity contribution >= 4 is 11.3 Å². The molecule has 0 aromatic carbocycles. The Bertz CT molecular complexity index is 229. The van der Waals surface area contributed by atoms with Crippen LogP contribution in [0.1, 0.15) is 31.2 Å². The molecule has 1 atom stereocenters. The fourth-order valence-electron chi connectivity index (χ4n) is 1.51. The van der Waals surface area contributed by atoms with E-state index < -0.39 is 0 Å². The summed E-state index contributed by atoms with van der Waals surface area (Å²) in [6.45, 7) is 7.73. The Morgan fingerprint density at radius 3 is 2.64 bits per heavy atom. The van der Waals surface area contributed by atoms with Gasteiger partial charge in [0.15, 0.2) is 0 Å². The number of nitrogens with two attached hydrogens (primary N) is 1. The normalized spacial score (nSPS) is 13.4. The molecule has 0 unspecified atom stereocenters. The van der Waals surface area contributed by atoms with E-state index in [9.17, 15) is 0 Å². The van der Waals surface area contributed by atoms with Crippen LogP contribution in [-0.4, -0.2) is 24.5 Å². The summed E-state index contributed by atoms with van der Waals surface area (Å²) in [6.07, 6.45) is 1.06. The lowest BCUT2D eigenvalue weighted by Gasteiger charge is -2.19. The molecule has 14 heavy (non-hydrogen) atoms. The zero-order valence-corrected chi connectivity index (χ0v) is 9.89. The van der Waals surface area contributed by atoms with E-state index in [0.717, 1.165) is 26.1 Å². The third-order valence-corrected chi connectivity index (χ3v) is 3.56. The zero-order valence-electron chi connectivity index (χ0n) is 9.07. The van der Waals surface area contributed by atoms with E-state index >= 15 is 0 Å². The first kappa shape index (κ1) is 11.7. The predicted molar refractivity (Wildman–Crippen MR) is 63.7 cm³/mol. The summed E-state index contributed by atoms with van der Waals surface area (Å²) in [5.74, 6) is 0. The molecule has 2 nitrogen and oxygen atoms in total. The van der Waals surface area contributed by atoms with Crippen molar-refractivity contribution in [3.05, 3.63) is 22.4 Å². The molecule has 0 radical (unpaired) electrons. The highest BCUT2D eigenvalue weighted by atomic mass is 32.1. The van der Waals surface area contributed by atoms with E-state index in [1.165, 1.54) is 4.88 Å². The summed E-state index contributed by atoms with van der Waals surface area (Å²) in [7, 11) is 0. The van der Waals surface area contributed by atoms with E-state index in [2.05, 4.69) is 36.3 Å². The molecule has 0 spiro atoms. The van der Waals surface area contributed by atoms with E-state index in [-0.39, 0.29) is 6.04 Å². The number of nitrogens with zero attached hydrogens (tertiary/aromatic N) is 1. The molecule has 80 valence electrons. The monoisotopic (exact) mass is 212 g/mol. The highest BCUT2D eigenvalue weighted by Gasteiger charge is 2.08. The van der Waals surface area contributed by atoms with Gasteiger partial charge in [-0.25, -0.2) is 0 Å². The second-order valence-corrected chi connectivity index (χ2v) is 4.42. The minimum Gasteiger partial charge on any atom is -0.323 e. The van der Waals surface area contributed by atoms with Crippen molar-refractivity contribution in [2.75, 3.05) is 19.6 Å². The van der Waals surface area contributed by atoms with Gasteiger partial charge in [-0.1, -0.05) is 19.9 Å². The Balaban J connectivity index is 2.31. The lowest BCUT2D eigenvalue weighted by molar-refractivity contribution is 0.291. The summed E-state index contributed by atoms with van der Waals surface area (Å²) in [5, 5.41) is 2.09. The van der Waals surface area contributed by atoms with Crippen LogP contribution >= 0.6 is 11.3 Å². The summed E-state index contributed by atoms with van der Waals surface area (Å²) in [5.41, 5.74) is 6.08. The first-order chi connectivity index (χ1) is 6.77. The van der Waals surface area contributed by atoms with Crippen LogP contribution in [0.2, 0.25) is 0 Å². The van der Waals surface area contributed by atoms with Gasteiger partial charge in [-0.3, -0.25) is 0 Å². The molecule has 1 aromatic rings. The summed E-state index contributed by atoms with van der Waals surface area (Å²) < 4.78 is 0. The van der Waals surface area contributed by atoms with Gasteiger partial charge in [0, 0.05) is 10.9 Å². The van der Waals surface area contributed by atoms with Crippen molar-refractivity contribution in [1.29, 1.82) is 0 Å². The van der Waals surface area contributed by atoms with Gasteiger partial charge >= 0.3 is 0 Å². The van der Waals surface area contributed by atoms with Crippen LogP contribution < -0.4 is 5.73 Å². The molecule has 0 bridgehead atoms. The fraction of sp³-hybridized carbons (Fsp3) is 0.636. The van der Waals surface area contributed by atoms with E-state index in [1.807, 2.05) is 0 Å². The lowest BCUT2D eigenvalue weighted by Crippen LogP contribution is -2.26. The molecule has 0 aliphatic rings. The van der Waals surface area contributed by atoms with Gasteiger partial charge in [0.1, 0.15) is 0 Å². The van der Waals surface area contributed by atoms with Crippen LogP contribution in [0.3, 0.4) is 0 Å². The lowest BCUT2D eigenvalue weighted by atomic mass is 10.2. The van der Waals surface area contributed by atoms with Crippen LogP contribution in [0.4, 0.5) is 0 Å². The molecule has 1 aromatic heterocycles. The molecule has 3 heteroatoms. The molecule has 1 heterocycles. The van der Waals surface area contributed by atoms with Gasteiger partial charge < -0.3 is 10.6 Å². The minimum absolute atomic E-state index is 0.218. The smallest absolute Gasteiger partial charge is 0.0401 e. The summed E-state index contributed by atoms with van der Waals surface area (Å²) >= 11 is 1.75. The Morgan fingerprint density at radius 1 is 1.43 bits per heavy atom. The molecular formula is C11H20N2S.